The first-order valence-electron chi connectivity index (χ1n) is 16.2. The number of benzene rings is 1. The zero-order valence-electron chi connectivity index (χ0n) is 27.1. The first-order valence-corrected chi connectivity index (χ1v) is 16.2. The lowest BCUT2D eigenvalue weighted by molar-refractivity contribution is -0.143. The number of halogens is 6. The molecule has 0 saturated carbocycles. The van der Waals surface area contributed by atoms with Crippen LogP contribution < -0.4 is 14.7 Å². The van der Waals surface area contributed by atoms with E-state index in [-0.39, 0.29) is 36.8 Å². The Labute approximate surface area is 279 Å². The number of hydrogen-bond acceptors (Lipinski definition) is 9. The molecule has 2 saturated heterocycles. The quantitative estimate of drug-likeness (QED) is 0.205. The standard InChI is InChI=1S/C33H37F6N9O/c1-3-27-12-28(19-47(27)29-24(20-49)15-42-31(44-29)46-7-5-4-6-8-46)48(30-40-13-22(14-41-30)23-16-43-45(2)18-23)17-21-9-25(32(34,35)36)11-26(10-21)33(37,38)39/h9-11,13-16,18,27-28,49H,3-8,12,17,19-20H2,1-2H3. The van der Waals surface area contributed by atoms with Crippen molar-refractivity contribution in [2.75, 3.05) is 34.3 Å². The summed E-state index contributed by atoms with van der Waals surface area (Å²) < 4.78 is 84.6. The van der Waals surface area contributed by atoms with E-state index >= 15 is 0 Å². The fourth-order valence-corrected chi connectivity index (χ4v) is 6.62. The fraction of sp³-hybridized carbons (Fsp3) is 0.485. The number of nitrogens with zero attached hydrogens (tertiary/aromatic N) is 9. The van der Waals surface area contributed by atoms with E-state index in [0.717, 1.165) is 50.0 Å². The van der Waals surface area contributed by atoms with Crippen LogP contribution in [0.1, 0.15) is 61.3 Å². The van der Waals surface area contributed by atoms with Crippen LogP contribution >= 0.6 is 0 Å². The van der Waals surface area contributed by atoms with Gasteiger partial charge in [-0.3, -0.25) is 4.68 Å². The number of hydrogen-bond donors (Lipinski definition) is 1. The summed E-state index contributed by atoms with van der Waals surface area (Å²) in [6.45, 7) is 3.31. The van der Waals surface area contributed by atoms with Crippen LogP contribution in [-0.2, 0) is 32.6 Å². The van der Waals surface area contributed by atoms with Crippen molar-refractivity contribution in [1.82, 2.24) is 29.7 Å². The third-order valence-corrected chi connectivity index (χ3v) is 9.15. The van der Waals surface area contributed by atoms with E-state index in [1.54, 1.807) is 47.6 Å². The molecule has 2 unspecified atom stereocenters. The predicted molar refractivity (Wildman–Crippen MR) is 171 cm³/mol. The molecule has 10 nitrogen and oxygen atoms in total. The zero-order chi connectivity index (χ0) is 34.9. The summed E-state index contributed by atoms with van der Waals surface area (Å²) in [6.07, 6.45) is 2.49. The lowest BCUT2D eigenvalue weighted by Gasteiger charge is -2.31. The Morgan fingerprint density at radius 1 is 0.878 bits per heavy atom. The summed E-state index contributed by atoms with van der Waals surface area (Å²) in [5, 5.41) is 14.4. The maximum atomic E-state index is 13.8. The first-order chi connectivity index (χ1) is 23.3. The summed E-state index contributed by atoms with van der Waals surface area (Å²) in [4.78, 5) is 24.3. The van der Waals surface area contributed by atoms with Gasteiger partial charge in [-0.2, -0.15) is 36.4 Å². The number of piperidine rings is 1. The molecule has 49 heavy (non-hydrogen) atoms. The molecule has 6 rings (SSSR count). The third kappa shape index (κ3) is 7.58. The van der Waals surface area contributed by atoms with Crippen molar-refractivity contribution in [1.29, 1.82) is 0 Å². The normalized spacial score (nSPS) is 18.7. The topological polar surface area (TPSA) is 99.3 Å². The Balaban J connectivity index is 1.39. The minimum atomic E-state index is -4.99. The third-order valence-electron chi connectivity index (χ3n) is 9.15. The molecule has 3 aromatic heterocycles. The molecule has 4 aromatic rings. The Morgan fingerprint density at radius 2 is 1.55 bits per heavy atom. The van der Waals surface area contributed by atoms with Gasteiger partial charge in [0.1, 0.15) is 5.82 Å². The Bertz CT molecular complexity index is 1710. The highest BCUT2D eigenvalue weighted by molar-refractivity contribution is 5.60. The Hall–Kier alpha value is -4.47. The average molecular weight is 690 g/mol. The number of anilines is 3. The SMILES string of the molecule is CCC1CC(N(Cc2cc(C(F)(F)F)cc(C(F)(F)F)c2)c2ncc(-c3cnn(C)c3)cn2)CN1c1nc(N2CCCCC2)ncc1CO. The summed E-state index contributed by atoms with van der Waals surface area (Å²) >= 11 is 0. The summed E-state index contributed by atoms with van der Waals surface area (Å²) in [6, 6.07) is 1.08. The van der Waals surface area contributed by atoms with Gasteiger partial charge in [0, 0.05) is 80.7 Å². The minimum Gasteiger partial charge on any atom is -0.391 e. The smallest absolute Gasteiger partial charge is 0.391 e. The molecule has 0 bridgehead atoms. The molecular formula is C33H37F6N9O. The number of aromatic nitrogens is 6. The maximum Gasteiger partial charge on any atom is 0.416 e. The van der Waals surface area contributed by atoms with Gasteiger partial charge in [0.2, 0.25) is 11.9 Å². The Morgan fingerprint density at radius 3 is 2.12 bits per heavy atom. The number of aryl methyl sites for hydroxylation is 1. The lowest BCUT2D eigenvalue weighted by atomic mass is 10.0. The molecular weight excluding hydrogens is 652 g/mol. The zero-order valence-corrected chi connectivity index (χ0v) is 27.1. The number of alkyl halides is 6. The van der Waals surface area contributed by atoms with Crippen molar-refractivity contribution in [2.45, 2.75) is 76.6 Å². The van der Waals surface area contributed by atoms with Gasteiger partial charge < -0.3 is 19.8 Å². The highest BCUT2D eigenvalue weighted by atomic mass is 19.4. The molecule has 1 aromatic carbocycles. The highest BCUT2D eigenvalue weighted by Gasteiger charge is 2.40. The van der Waals surface area contributed by atoms with Gasteiger partial charge >= 0.3 is 12.4 Å². The van der Waals surface area contributed by atoms with Crippen LogP contribution in [0.5, 0.6) is 0 Å². The predicted octanol–water partition coefficient (Wildman–Crippen LogP) is 6.25. The summed E-state index contributed by atoms with van der Waals surface area (Å²) in [7, 11) is 1.76. The largest absolute Gasteiger partial charge is 0.416 e. The van der Waals surface area contributed by atoms with Crippen LogP contribution in [0.3, 0.4) is 0 Å². The second kappa shape index (κ2) is 13.8. The molecule has 2 aliphatic heterocycles. The molecule has 2 aliphatic rings. The average Bonchev–Trinajstić information content (AvgIpc) is 3.73. The van der Waals surface area contributed by atoms with Gasteiger partial charge in [0.15, 0.2) is 0 Å². The van der Waals surface area contributed by atoms with E-state index in [1.165, 1.54) is 0 Å². The van der Waals surface area contributed by atoms with E-state index in [9.17, 15) is 31.4 Å². The van der Waals surface area contributed by atoms with Crippen LogP contribution in [0.25, 0.3) is 11.1 Å². The monoisotopic (exact) mass is 689 g/mol. The van der Waals surface area contributed by atoms with Gasteiger partial charge in [-0.25, -0.2) is 15.0 Å². The highest BCUT2D eigenvalue weighted by Crippen LogP contribution is 2.38. The second-order valence-corrected chi connectivity index (χ2v) is 12.5. The van der Waals surface area contributed by atoms with Gasteiger partial charge in [0.25, 0.3) is 0 Å². The minimum absolute atomic E-state index is 0.108. The van der Waals surface area contributed by atoms with E-state index in [1.807, 2.05) is 6.92 Å². The van der Waals surface area contributed by atoms with Crippen LogP contribution in [0, 0.1) is 0 Å². The lowest BCUT2D eigenvalue weighted by Crippen LogP contribution is -2.39. The van der Waals surface area contributed by atoms with E-state index < -0.39 is 29.5 Å². The molecule has 0 spiro atoms. The van der Waals surface area contributed by atoms with E-state index in [4.69, 9.17) is 4.98 Å². The molecule has 0 amide bonds. The van der Waals surface area contributed by atoms with Crippen LogP contribution in [-0.4, -0.2) is 66.5 Å². The van der Waals surface area contributed by atoms with Gasteiger partial charge in [-0.05, 0) is 55.9 Å². The fourth-order valence-electron chi connectivity index (χ4n) is 6.62. The van der Waals surface area contributed by atoms with Crippen molar-refractivity contribution in [3.63, 3.8) is 0 Å². The van der Waals surface area contributed by atoms with Crippen molar-refractivity contribution < 1.29 is 31.4 Å². The second-order valence-electron chi connectivity index (χ2n) is 12.5. The summed E-state index contributed by atoms with van der Waals surface area (Å²) in [5.41, 5.74) is -1.04. The van der Waals surface area contributed by atoms with Gasteiger partial charge in [-0.15, -0.1) is 0 Å². The van der Waals surface area contributed by atoms with Crippen molar-refractivity contribution in [2.24, 2.45) is 7.05 Å². The van der Waals surface area contributed by atoms with Gasteiger partial charge in [0.05, 0.1) is 30.0 Å². The number of aliphatic hydroxyl groups is 1. The summed E-state index contributed by atoms with van der Waals surface area (Å²) in [5.74, 6) is 1.26. The van der Waals surface area contributed by atoms with E-state index in [2.05, 4.69) is 29.9 Å². The first kappa shape index (κ1) is 34.4. The molecule has 0 radical (unpaired) electrons. The van der Waals surface area contributed by atoms with Crippen molar-refractivity contribution in [3.05, 3.63) is 71.4 Å². The van der Waals surface area contributed by atoms with Crippen LogP contribution in [0.2, 0.25) is 0 Å². The van der Waals surface area contributed by atoms with Crippen LogP contribution in [0.4, 0.5) is 44.1 Å². The molecule has 5 heterocycles. The van der Waals surface area contributed by atoms with Crippen LogP contribution in [0.15, 0.2) is 49.2 Å². The Kier molecular flexibility index (Phi) is 9.69. The number of rotatable bonds is 9. The molecule has 2 fully saturated rings. The molecule has 262 valence electrons. The van der Waals surface area contributed by atoms with Crippen molar-refractivity contribution in [3.8, 4) is 11.1 Å². The molecule has 16 heteroatoms. The maximum absolute atomic E-state index is 13.8. The molecule has 0 aliphatic carbocycles. The van der Waals surface area contributed by atoms with E-state index in [0.29, 0.717) is 42.3 Å². The van der Waals surface area contributed by atoms with Crippen molar-refractivity contribution >= 4 is 17.7 Å². The number of aliphatic hydroxyl groups excluding tert-OH is 1. The van der Waals surface area contributed by atoms with Gasteiger partial charge in [-0.1, -0.05) is 6.92 Å². The molecule has 2 atom stereocenters. The molecule has 1 N–H and O–H groups in total.